The number of aliphatic imine (C=N–C) groups is 1. The first-order valence-electron chi connectivity index (χ1n) is 17.2. The summed E-state index contributed by atoms with van der Waals surface area (Å²) in [5, 5.41) is 0. The molecule has 0 amide bonds. The van der Waals surface area contributed by atoms with Crippen LogP contribution in [0.15, 0.2) is 102 Å². The molecular weight excluding hydrogens is 567 g/mol. The number of rotatable bonds is 6. The fraction of sp³-hybridized carbons (Fsp3) is 0.500. The van der Waals surface area contributed by atoms with Crippen LogP contribution in [0.1, 0.15) is 131 Å². The Morgan fingerprint density at radius 2 is 1.13 bits per heavy atom. The van der Waals surface area contributed by atoms with Crippen LogP contribution in [0.5, 0.6) is 0 Å². The molecule has 0 saturated heterocycles. The zero-order valence-electron chi connectivity index (χ0n) is 30.6. The van der Waals surface area contributed by atoms with Crippen molar-refractivity contribution < 1.29 is 0 Å². The van der Waals surface area contributed by atoms with E-state index in [4.69, 9.17) is 0 Å². The van der Waals surface area contributed by atoms with Gasteiger partial charge >= 0.3 is 0 Å². The quantitative estimate of drug-likeness (QED) is 0.255. The van der Waals surface area contributed by atoms with Gasteiger partial charge in [0.1, 0.15) is 0 Å². The Labute approximate surface area is 292 Å². The third-order valence-electron chi connectivity index (χ3n) is 7.33. The Bertz CT molecular complexity index is 1340. The van der Waals surface area contributed by atoms with Crippen molar-refractivity contribution in [1.82, 2.24) is 0 Å². The lowest BCUT2D eigenvalue weighted by molar-refractivity contribution is 0.408. The van der Waals surface area contributed by atoms with Crippen molar-refractivity contribution in [2.45, 2.75) is 130 Å². The van der Waals surface area contributed by atoms with Crippen molar-refractivity contribution >= 4 is 11.8 Å². The zero-order chi connectivity index (χ0) is 33.5. The molecule has 0 saturated carbocycles. The summed E-state index contributed by atoms with van der Waals surface area (Å²) in [4.78, 5) is 4.26. The van der Waals surface area contributed by atoms with Crippen LogP contribution >= 0.6 is 0 Å². The van der Waals surface area contributed by atoms with Crippen LogP contribution in [0.2, 0.25) is 0 Å². The minimum Gasteiger partial charge on any atom is -0.266 e. The summed E-state index contributed by atoms with van der Waals surface area (Å²) in [7, 11) is 0. The molecule has 3 aromatic carbocycles. The van der Waals surface area contributed by atoms with Gasteiger partial charge in [0.15, 0.2) is 0 Å². The van der Waals surface area contributed by atoms with E-state index in [9.17, 15) is 0 Å². The molecule has 1 heteroatoms. The highest BCUT2D eigenvalue weighted by molar-refractivity contribution is 5.73. The van der Waals surface area contributed by atoms with Crippen LogP contribution in [0.3, 0.4) is 0 Å². The van der Waals surface area contributed by atoms with Gasteiger partial charge in [0.05, 0.1) is 0 Å². The first kappa shape index (κ1) is 43.8. The Kier molecular flexibility index (Phi) is 20.2. The van der Waals surface area contributed by atoms with Crippen LogP contribution in [0.4, 0.5) is 0 Å². The van der Waals surface area contributed by atoms with Gasteiger partial charge in [-0.05, 0) is 89.5 Å². The van der Waals surface area contributed by atoms with E-state index in [2.05, 4.69) is 172 Å². The van der Waals surface area contributed by atoms with E-state index in [0.717, 1.165) is 31.1 Å². The van der Waals surface area contributed by atoms with E-state index in [1.165, 1.54) is 58.3 Å². The first-order valence-corrected chi connectivity index (χ1v) is 17.2. The SMILES string of the molecule is C.C.CC(C)(C)CC1=CCC=N1.CC(C)(C)CC1=CCc2ccccc21.CC(C)Cc1ccccc1.Cc1ccc(CC(C)C)cc1. The van der Waals surface area contributed by atoms with Gasteiger partial charge in [0.25, 0.3) is 0 Å². The third kappa shape index (κ3) is 19.9. The van der Waals surface area contributed by atoms with Gasteiger partial charge in [-0.15, -0.1) is 0 Å². The van der Waals surface area contributed by atoms with Gasteiger partial charge < -0.3 is 0 Å². The van der Waals surface area contributed by atoms with Gasteiger partial charge in [-0.3, -0.25) is 4.99 Å². The topological polar surface area (TPSA) is 12.4 Å². The maximum Gasteiger partial charge on any atom is 0.0368 e. The number of allylic oxidation sites excluding steroid dienone is 4. The van der Waals surface area contributed by atoms with Crippen molar-refractivity contribution in [3.05, 3.63) is 125 Å². The lowest BCUT2D eigenvalue weighted by atomic mass is 9.86. The fourth-order valence-corrected chi connectivity index (χ4v) is 5.45. The third-order valence-corrected chi connectivity index (χ3v) is 7.33. The summed E-state index contributed by atoms with van der Waals surface area (Å²) >= 11 is 0. The van der Waals surface area contributed by atoms with E-state index >= 15 is 0 Å². The van der Waals surface area contributed by atoms with Crippen LogP contribution in [-0.2, 0) is 19.3 Å². The normalized spacial score (nSPS) is 13.0. The lowest BCUT2D eigenvalue weighted by Crippen LogP contribution is -2.05. The molecule has 5 rings (SSSR count). The van der Waals surface area contributed by atoms with Crippen molar-refractivity contribution in [2.24, 2.45) is 27.7 Å². The Hall–Kier alpha value is -3.19. The van der Waals surface area contributed by atoms with E-state index in [1.807, 2.05) is 6.21 Å². The molecule has 1 aliphatic carbocycles. The molecule has 0 spiro atoms. The Morgan fingerprint density at radius 3 is 1.62 bits per heavy atom. The number of hydrogen-bond donors (Lipinski definition) is 0. The van der Waals surface area contributed by atoms with Crippen molar-refractivity contribution in [3.63, 3.8) is 0 Å². The maximum absolute atomic E-state index is 4.26. The molecule has 0 fully saturated rings. The molecule has 2 aliphatic rings. The number of fused-ring (bicyclic) bond motifs is 1. The molecule has 0 unspecified atom stereocenters. The van der Waals surface area contributed by atoms with Gasteiger partial charge in [0.2, 0.25) is 0 Å². The number of hydrogen-bond acceptors (Lipinski definition) is 1. The summed E-state index contributed by atoms with van der Waals surface area (Å²) in [6.45, 7) is 24.7. The standard InChI is InChI=1S/C14H18.C11H16.C10H14.C9H15N.2CH4/c1-14(2,3)10-12-9-8-11-6-4-5-7-13(11)12;1-9(2)8-11-6-4-10(3)5-7-11;1-9(2)8-10-6-4-3-5-7-10;1-9(2,3)7-8-5-4-6-10-8;;/h4-7,9H,8,10H2,1-3H3;4-7,9H,8H2,1-3H3;3-7,9H,8H2,1-2H3;5-6H,4,7H2,1-3H3;2*1H4. The molecule has 0 bridgehead atoms. The minimum atomic E-state index is 0. The molecular formula is C46H71N. The van der Waals surface area contributed by atoms with E-state index in [0.29, 0.717) is 10.8 Å². The average molecular weight is 638 g/mol. The first-order chi connectivity index (χ1) is 21.1. The Morgan fingerprint density at radius 1 is 0.617 bits per heavy atom. The summed E-state index contributed by atoms with van der Waals surface area (Å²) < 4.78 is 0. The summed E-state index contributed by atoms with van der Waals surface area (Å²) in [5.74, 6) is 1.53. The average Bonchev–Trinajstić information content (AvgIpc) is 3.59. The molecule has 0 atom stereocenters. The molecule has 1 nitrogen and oxygen atoms in total. The summed E-state index contributed by atoms with van der Waals surface area (Å²) in [6, 6.07) is 28.2. The van der Waals surface area contributed by atoms with Crippen LogP contribution in [-0.4, -0.2) is 6.21 Å². The molecule has 1 heterocycles. The second-order valence-corrected chi connectivity index (χ2v) is 16.0. The van der Waals surface area contributed by atoms with E-state index in [-0.39, 0.29) is 14.9 Å². The maximum atomic E-state index is 4.26. The van der Waals surface area contributed by atoms with Crippen LogP contribution in [0, 0.1) is 29.6 Å². The molecule has 3 aromatic rings. The molecule has 260 valence electrons. The minimum absolute atomic E-state index is 0. The Balaban J connectivity index is 0.000000598. The van der Waals surface area contributed by atoms with E-state index < -0.39 is 0 Å². The van der Waals surface area contributed by atoms with E-state index in [1.54, 1.807) is 0 Å². The number of benzene rings is 3. The highest BCUT2D eigenvalue weighted by Gasteiger charge is 2.19. The van der Waals surface area contributed by atoms with Crippen molar-refractivity contribution in [2.75, 3.05) is 0 Å². The highest BCUT2D eigenvalue weighted by Crippen LogP contribution is 2.36. The predicted octanol–water partition coefficient (Wildman–Crippen LogP) is 14.2. The summed E-state index contributed by atoms with van der Waals surface area (Å²) in [5.41, 5.74) is 10.8. The van der Waals surface area contributed by atoms with Crippen molar-refractivity contribution in [3.8, 4) is 0 Å². The molecule has 0 N–H and O–H groups in total. The predicted molar refractivity (Wildman–Crippen MR) is 216 cm³/mol. The molecule has 0 aromatic heterocycles. The van der Waals surface area contributed by atoms with Gasteiger partial charge in [0, 0.05) is 18.3 Å². The van der Waals surface area contributed by atoms with Gasteiger partial charge in [-0.2, -0.15) is 0 Å². The summed E-state index contributed by atoms with van der Waals surface area (Å²) in [6.07, 6.45) is 13.4. The van der Waals surface area contributed by atoms with Crippen molar-refractivity contribution in [1.29, 1.82) is 0 Å². The monoisotopic (exact) mass is 638 g/mol. The number of aryl methyl sites for hydroxylation is 1. The smallest absolute Gasteiger partial charge is 0.0368 e. The highest BCUT2D eigenvalue weighted by atomic mass is 14.7. The molecule has 0 radical (unpaired) electrons. The van der Waals surface area contributed by atoms with Crippen LogP contribution in [0.25, 0.3) is 5.57 Å². The largest absolute Gasteiger partial charge is 0.266 e. The second kappa shape index (κ2) is 21.6. The fourth-order valence-electron chi connectivity index (χ4n) is 5.45. The van der Waals surface area contributed by atoms with Gasteiger partial charge in [-0.25, -0.2) is 0 Å². The lowest BCUT2D eigenvalue weighted by Gasteiger charge is -2.19. The zero-order valence-corrected chi connectivity index (χ0v) is 30.6. The molecule has 1 aliphatic heterocycles. The second-order valence-electron chi connectivity index (χ2n) is 16.0. The van der Waals surface area contributed by atoms with Crippen LogP contribution < -0.4 is 0 Å². The molecule has 47 heavy (non-hydrogen) atoms. The number of nitrogens with zero attached hydrogens (tertiary/aromatic N) is 1. The van der Waals surface area contributed by atoms with Gasteiger partial charge in [-0.1, -0.05) is 181 Å².